The van der Waals surface area contributed by atoms with Gasteiger partial charge in [0.2, 0.25) is 0 Å². The molecule has 0 saturated heterocycles. The number of carbonyl (C=O) groups excluding carboxylic acids is 3. The highest BCUT2D eigenvalue weighted by atomic mass is 32.1. The molecule has 0 spiro atoms. The average Bonchev–Trinajstić information content (AvgIpc) is 3.48. The fraction of sp³-hybridized carbons (Fsp3) is 0.192. The summed E-state index contributed by atoms with van der Waals surface area (Å²) >= 11 is 1.10. The first-order chi connectivity index (χ1) is 16.9. The third kappa shape index (κ3) is 4.26. The second-order valence-corrected chi connectivity index (χ2v) is 9.19. The van der Waals surface area contributed by atoms with Gasteiger partial charge in [-0.2, -0.15) is 0 Å². The molecule has 0 bridgehead atoms. The minimum Gasteiger partial charge on any atom is -0.451 e. The predicted octanol–water partition coefficient (Wildman–Crippen LogP) is 3.74. The Labute approximate surface area is 204 Å². The largest absolute Gasteiger partial charge is 0.451 e. The zero-order valence-electron chi connectivity index (χ0n) is 18.9. The lowest BCUT2D eigenvalue weighted by Gasteiger charge is -2.11. The number of thiophene rings is 1. The number of para-hydroxylation sites is 1. The summed E-state index contributed by atoms with van der Waals surface area (Å²) in [5.74, 6) is -0.779. The van der Waals surface area contributed by atoms with Crippen LogP contribution in [0.25, 0.3) is 10.2 Å². The molecule has 3 heterocycles. The summed E-state index contributed by atoms with van der Waals surface area (Å²) in [5, 5.41) is 3.07. The van der Waals surface area contributed by atoms with Crippen molar-refractivity contribution in [1.29, 1.82) is 0 Å². The monoisotopic (exact) mass is 487 g/mol. The number of benzene rings is 2. The van der Waals surface area contributed by atoms with Crippen LogP contribution >= 0.6 is 11.3 Å². The van der Waals surface area contributed by atoms with Crippen molar-refractivity contribution in [2.24, 2.45) is 0 Å². The number of rotatable bonds is 6. The summed E-state index contributed by atoms with van der Waals surface area (Å²) in [5.41, 5.74) is 1.52. The summed E-state index contributed by atoms with van der Waals surface area (Å²) in [7, 11) is 0. The summed E-state index contributed by atoms with van der Waals surface area (Å²) in [6.45, 7) is 1.77. The van der Waals surface area contributed by atoms with Crippen LogP contribution in [0.5, 0.6) is 0 Å². The van der Waals surface area contributed by atoms with Gasteiger partial charge in [0.15, 0.2) is 12.4 Å². The first kappa shape index (κ1) is 22.7. The highest BCUT2D eigenvalue weighted by Gasteiger charge is 2.24. The molecule has 4 aromatic rings. The third-order valence-corrected chi connectivity index (χ3v) is 7.08. The zero-order valence-corrected chi connectivity index (χ0v) is 19.7. The molecule has 9 heteroatoms. The number of amides is 1. The fourth-order valence-electron chi connectivity index (χ4n) is 4.19. The van der Waals surface area contributed by atoms with Gasteiger partial charge in [0.25, 0.3) is 11.5 Å². The van der Waals surface area contributed by atoms with Crippen molar-refractivity contribution < 1.29 is 19.1 Å². The van der Waals surface area contributed by atoms with Crippen LogP contribution in [0, 0.1) is 6.92 Å². The zero-order chi connectivity index (χ0) is 24.5. The Hall–Kier alpha value is -4.11. The van der Waals surface area contributed by atoms with E-state index < -0.39 is 18.5 Å². The van der Waals surface area contributed by atoms with E-state index in [2.05, 4.69) is 10.3 Å². The maximum absolute atomic E-state index is 12.9. The van der Waals surface area contributed by atoms with Crippen molar-refractivity contribution in [2.75, 3.05) is 11.9 Å². The molecule has 1 amide bonds. The second-order valence-electron chi connectivity index (χ2n) is 8.19. The van der Waals surface area contributed by atoms with E-state index in [1.807, 2.05) is 6.07 Å². The lowest BCUT2D eigenvalue weighted by atomic mass is 10.0. The van der Waals surface area contributed by atoms with Gasteiger partial charge in [-0.3, -0.25) is 19.0 Å². The van der Waals surface area contributed by atoms with Crippen LogP contribution in [0.2, 0.25) is 0 Å². The van der Waals surface area contributed by atoms with Crippen LogP contribution < -0.4 is 10.9 Å². The number of ketones is 1. The topological polar surface area (TPSA) is 107 Å². The molecule has 1 aliphatic heterocycles. The average molecular weight is 488 g/mol. The summed E-state index contributed by atoms with van der Waals surface area (Å²) in [4.78, 5) is 56.3. The minimum absolute atomic E-state index is 0.146. The number of ether oxygens (including phenoxy) is 1. The number of aromatic nitrogens is 2. The lowest BCUT2D eigenvalue weighted by Crippen LogP contribution is -2.22. The number of aryl methyl sites for hydroxylation is 2. The Balaban J connectivity index is 1.30. The van der Waals surface area contributed by atoms with Crippen LogP contribution in [0.1, 0.15) is 43.4 Å². The van der Waals surface area contributed by atoms with E-state index in [1.54, 1.807) is 60.0 Å². The van der Waals surface area contributed by atoms with Gasteiger partial charge in [-0.05, 0) is 31.0 Å². The number of hydrogen-bond acceptors (Lipinski definition) is 7. The molecule has 0 unspecified atom stereocenters. The molecule has 0 saturated carbocycles. The highest BCUT2D eigenvalue weighted by Crippen LogP contribution is 2.29. The van der Waals surface area contributed by atoms with Crippen molar-refractivity contribution in [3.05, 3.63) is 92.3 Å². The van der Waals surface area contributed by atoms with Crippen LogP contribution in [-0.4, -0.2) is 33.8 Å². The van der Waals surface area contributed by atoms with Gasteiger partial charge in [0, 0.05) is 24.1 Å². The maximum atomic E-state index is 12.9. The quantitative estimate of drug-likeness (QED) is 0.328. The number of anilines is 1. The fourth-order valence-corrected chi connectivity index (χ4v) is 5.27. The second kappa shape index (κ2) is 9.27. The smallest absolute Gasteiger partial charge is 0.349 e. The number of esters is 1. The molecular formula is C26H21N3O5S. The van der Waals surface area contributed by atoms with Crippen molar-refractivity contribution in [3.8, 4) is 0 Å². The summed E-state index contributed by atoms with van der Waals surface area (Å²) < 4.78 is 6.89. The molecule has 0 radical (unpaired) electrons. The van der Waals surface area contributed by atoms with Crippen molar-refractivity contribution in [2.45, 2.75) is 26.3 Å². The molecule has 35 heavy (non-hydrogen) atoms. The van der Waals surface area contributed by atoms with Crippen LogP contribution in [-0.2, 0) is 22.5 Å². The number of fused-ring (bicyclic) bond motifs is 2. The van der Waals surface area contributed by atoms with Gasteiger partial charge in [-0.15, -0.1) is 11.3 Å². The molecule has 1 aliphatic rings. The first-order valence-corrected chi connectivity index (χ1v) is 11.9. The van der Waals surface area contributed by atoms with Gasteiger partial charge < -0.3 is 10.1 Å². The summed E-state index contributed by atoms with van der Waals surface area (Å²) in [6.07, 6.45) is 1.61. The molecule has 2 aromatic carbocycles. The number of nitrogens with one attached hydrogen (secondary N) is 1. The Bertz CT molecular complexity index is 1540. The predicted molar refractivity (Wildman–Crippen MR) is 132 cm³/mol. The van der Waals surface area contributed by atoms with Crippen LogP contribution in [0.15, 0.2) is 59.4 Å². The molecular weight excluding hydrogens is 466 g/mol. The van der Waals surface area contributed by atoms with E-state index >= 15 is 0 Å². The molecule has 0 atom stereocenters. The molecule has 1 N–H and O–H groups in total. The van der Waals surface area contributed by atoms with Crippen molar-refractivity contribution in [1.82, 2.24) is 9.55 Å². The minimum atomic E-state index is -0.696. The molecule has 0 fully saturated rings. The van der Waals surface area contributed by atoms with Crippen LogP contribution in [0.4, 0.5) is 5.69 Å². The Kier molecular flexibility index (Phi) is 6.00. The standard InChI is InChI=1S/C26H21N3O5S/c1-15-21-24(28-19-12-7-13-29(19)25(21)32)35-23(15)26(33)34-14-20(30)27-18-11-6-5-10-17(18)22(31)16-8-3-2-4-9-16/h2-6,8-11H,7,12-14H2,1H3,(H,27,30). The van der Waals surface area contributed by atoms with Crippen molar-refractivity contribution in [3.63, 3.8) is 0 Å². The highest BCUT2D eigenvalue weighted by molar-refractivity contribution is 7.20. The Morgan fingerprint density at radius 3 is 2.63 bits per heavy atom. The maximum Gasteiger partial charge on any atom is 0.349 e. The van der Waals surface area contributed by atoms with Gasteiger partial charge in [0.1, 0.15) is 15.5 Å². The number of hydrogen-bond donors (Lipinski definition) is 1. The van der Waals surface area contributed by atoms with Crippen molar-refractivity contribution >= 4 is 44.9 Å². The van der Waals surface area contributed by atoms with E-state index in [0.717, 1.165) is 30.0 Å². The molecule has 5 rings (SSSR count). The van der Waals surface area contributed by atoms with Gasteiger partial charge in [-0.1, -0.05) is 42.5 Å². The van der Waals surface area contributed by atoms with Crippen LogP contribution in [0.3, 0.4) is 0 Å². The summed E-state index contributed by atoms with van der Waals surface area (Å²) in [6, 6.07) is 15.4. The molecule has 176 valence electrons. The third-order valence-electron chi connectivity index (χ3n) is 5.91. The van der Waals surface area contributed by atoms with E-state index in [-0.39, 0.29) is 16.2 Å². The Morgan fingerprint density at radius 2 is 1.83 bits per heavy atom. The normalized spacial score (nSPS) is 12.4. The lowest BCUT2D eigenvalue weighted by molar-refractivity contribution is -0.119. The number of carbonyl (C=O) groups is 3. The molecule has 0 aliphatic carbocycles. The molecule has 8 nitrogen and oxygen atoms in total. The molecule has 2 aromatic heterocycles. The first-order valence-electron chi connectivity index (χ1n) is 11.1. The van der Waals surface area contributed by atoms with E-state index in [4.69, 9.17) is 4.74 Å². The SMILES string of the molecule is Cc1c(C(=O)OCC(=O)Nc2ccccc2C(=O)c2ccccc2)sc2nc3n(c(=O)c12)CCC3. The van der Waals surface area contributed by atoms with Gasteiger partial charge in [0.05, 0.1) is 11.1 Å². The van der Waals surface area contributed by atoms with E-state index in [9.17, 15) is 19.2 Å². The van der Waals surface area contributed by atoms with E-state index in [1.165, 1.54) is 0 Å². The van der Waals surface area contributed by atoms with Gasteiger partial charge in [-0.25, -0.2) is 9.78 Å². The van der Waals surface area contributed by atoms with Gasteiger partial charge >= 0.3 is 5.97 Å². The Morgan fingerprint density at radius 1 is 1.09 bits per heavy atom. The number of nitrogens with zero attached hydrogens (tertiary/aromatic N) is 2. The van der Waals surface area contributed by atoms with E-state index in [0.29, 0.717) is 39.1 Å².